The average molecular weight is 260 g/mol. The van der Waals surface area contributed by atoms with Crippen molar-refractivity contribution in [3.05, 3.63) is 29.8 Å². The van der Waals surface area contributed by atoms with E-state index in [0.29, 0.717) is 6.04 Å². The summed E-state index contributed by atoms with van der Waals surface area (Å²) in [6.45, 7) is 5.95. The second kappa shape index (κ2) is 6.95. The van der Waals surface area contributed by atoms with E-state index in [-0.39, 0.29) is 0 Å². The number of hydrogen-bond acceptors (Lipinski definition) is 2. The summed E-state index contributed by atoms with van der Waals surface area (Å²) in [7, 11) is 2.01. The van der Waals surface area contributed by atoms with Crippen molar-refractivity contribution >= 4 is 5.69 Å². The van der Waals surface area contributed by atoms with E-state index in [1.54, 1.807) is 0 Å². The SMILES string of the molecule is CNc1ccccc1CCC1CCCCN1C(C)C. The lowest BCUT2D eigenvalue weighted by Gasteiger charge is -2.38. The molecule has 0 spiro atoms. The number of aryl methyl sites for hydroxylation is 1. The predicted molar refractivity (Wildman–Crippen MR) is 83.8 cm³/mol. The van der Waals surface area contributed by atoms with Gasteiger partial charge in [-0.15, -0.1) is 0 Å². The molecular formula is C17H28N2. The van der Waals surface area contributed by atoms with Crippen LogP contribution in [0.3, 0.4) is 0 Å². The molecule has 1 aromatic rings. The first kappa shape index (κ1) is 14.4. The molecule has 2 rings (SSSR count). The van der Waals surface area contributed by atoms with Crippen LogP contribution in [0, 0.1) is 0 Å². The average Bonchev–Trinajstić information content (AvgIpc) is 2.45. The maximum atomic E-state index is 3.30. The lowest BCUT2D eigenvalue weighted by molar-refractivity contribution is 0.106. The number of para-hydroxylation sites is 1. The van der Waals surface area contributed by atoms with Gasteiger partial charge in [0.15, 0.2) is 0 Å². The van der Waals surface area contributed by atoms with Crippen molar-refractivity contribution in [2.75, 3.05) is 18.9 Å². The molecule has 2 heteroatoms. The molecule has 1 N–H and O–H groups in total. The quantitative estimate of drug-likeness (QED) is 0.863. The molecule has 106 valence electrons. The van der Waals surface area contributed by atoms with Gasteiger partial charge in [-0.05, 0) is 57.7 Å². The van der Waals surface area contributed by atoms with Crippen molar-refractivity contribution in [2.24, 2.45) is 0 Å². The molecule has 19 heavy (non-hydrogen) atoms. The second-order valence-electron chi connectivity index (χ2n) is 5.93. The normalized spacial score (nSPS) is 20.7. The van der Waals surface area contributed by atoms with Crippen LogP contribution in [0.4, 0.5) is 5.69 Å². The first-order chi connectivity index (χ1) is 9.22. The van der Waals surface area contributed by atoms with E-state index in [1.807, 2.05) is 7.05 Å². The highest BCUT2D eigenvalue weighted by Gasteiger charge is 2.24. The minimum absolute atomic E-state index is 0.685. The summed E-state index contributed by atoms with van der Waals surface area (Å²) < 4.78 is 0. The molecule has 0 bridgehead atoms. The van der Waals surface area contributed by atoms with E-state index >= 15 is 0 Å². The van der Waals surface area contributed by atoms with Crippen LogP contribution in [-0.4, -0.2) is 30.6 Å². The van der Waals surface area contributed by atoms with Crippen molar-refractivity contribution in [2.45, 2.75) is 58.0 Å². The van der Waals surface area contributed by atoms with Crippen molar-refractivity contribution in [3.8, 4) is 0 Å². The maximum absolute atomic E-state index is 3.30. The highest BCUT2D eigenvalue weighted by molar-refractivity contribution is 5.50. The Morgan fingerprint density at radius 3 is 2.79 bits per heavy atom. The van der Waals surface area contributed by atoms with Gasteiger partial charge in [-0.1, -0.05) is 24.6 Å². The Bertz CT molecular complexity index is 387. The lowest BCUT2D eigenvalue weighted by Crippen LogP contribution is -2.44. The third-order valence-corrected chi connectivity index (χ3v) is 4.37. The number of rotatable bonds is 5. The highest BCUT2D eigenvalue weighted by Crippen LogP contribution is 2.25. The summed E-state index contributed by atoms with van der Waals surface area (Å²) in [6, 6.07) is 10.2. The van der Waals surface area contributed by atoms with Gasteiger partial charge in [-0.3, -0.25) is 4.90 Å². The van der Waals surface area contributed by atoms with E-state index < -0.39 is 0 Å². The fourth-order valence-electron chi connectivity index (χ4n) is 3.32. The number of nitrogens with one attached hydrogen (secondary N) is 1. The molecule has 1 atom stereocenters. The molecule has 0 aliphatic carbocycles. The summed E-state index contributed by atoms with van der Waals surface area (Å²) >= 11 is 0. The van der Waals surface area contributed by atoms with E-state index in [1.165, 1.54) is 49.9 Å². The van der Waals surface area contributed by atoms with Crippen LogP contribution in [0.2, 0.25) is 0 Å². The third-order valence-electron chi connectivity index (χ3n) is 4.37. The standard InChI is InChI=1S/C17H28N2/c1-14(2)19-13-7-6-9-16(19)12-11-15-8-4-5-10-17(15)18-3/h4-5,8,10,14,16,18H,6-7,9,11-13H2,1-3H3. The van der Waals surface area contributed by atoms with E-state index in [0.717, 1.165) is 6.04 Å². The summed E-state index contributed by atoms with van der Waals surface area (Å²) in [5.41, 5.74) is 2.74. The van der Waals surface area contributed by atoms with E-state index in [2.05, 4.69) is 48.3 Å². The van der Waals surface area contributed by atoms with Gasteiger partial charge in [-0.25, -0.2) is 0 Å². The van der Waals surface area contributed by atoms with Gasteiger partial charge < -0.3 is 5.32 Å². The molecule has 2 nitrogen and oxygen atoms in total. The van der Waals surface area contributed by atoms with Crippen LogP contribution >= 0.6 is 0 Å². The van der Waals surface area contributed by atoms with Gasteiger partial charge in [0, 0.05) is 24.8 Å². The molecule has 1 fully saturated rings. The van der Waals surface area contributed by atoms with Gasteiger partial charge in [-0.2, -0.15) is 0 Å². The van der Waals surface area contributed by atoms with Crippen LogP contribution < -0.4 is 5.32 Å². The number of benzene rings is 1. The fourth-order valence-corrected chi connectivity index (χ4v) is 3.32. The highest BCUT2D eigenvalue weighted by atomic mass is 15.2. The van der Waals surface area contributed by atoms with Crippen LogP contribution in [-0.2, 0) is 6.42 Å². The molecular weight excluding hydrogens is 232 g/mol. The number of likely N-dealkylation sites (tertiary alicyclic amines) is 1. The summed E-state index contributed by atoms with van der Waals surface area (Å²) in [5.74, 6) is 0. The molecule has 1 saturated heterocycles. The van der Waals surface area contributed by atoms with Gasteiger partial charge in [0.2, 0.25) is 0 Å². The van der Waals surface area contributed by atoms with Gasteiger partial charge >= 0.3 is 0 Å². The topological polar surface area (TPSA) is 15.3 Å². The first-order valence-corrected chi connectivity index (χ1v) is 7.73. The smallest absolute Gasteiger partial charge is 0.0370 e. The number of piperidine rings is 1. The third kappa shape index (κ3) is 3.73. The molecule has 0 amide bonds. The molecule has 0 aromatic heterocycles. The molecule has 0 saturated carbocycles. The minimum Gasteiger partial charge on any atom is -0.388 e. The summed E-state index contributed by atoms with van der Waals surface area (Å²) in [4.78, 5) is 2.70. The summed E-state index contributed by atoms with van der Waals surface area (Å²) in [6.07, 6.45) is 6.63. The Morgan fingerprint density at radius 2 is 2.05 bits per heavy atom. The lowest BCUT2D eigenvalue weighted by atomic mass is 9.94. The fraction of sp³-hybridized carbons (Fsp3) is 0.647. The van der Waals surface area contributed by atoms with Crippen LogP contribution in [0.5, 0.6) is 0 Å². The second-order valence-corrected chi connectivity index (χ2v) is 5.93. The van der Waals surface area contributed by atoms with Crippen LogP contribution in [0.1, 0.15) is 45.1 Å². The molecule has 1 aliphatic heterocycles. The van der Waals surface area contributed by atoms with E-state index in [9.17, 15) is 0 Å². The first-order valence-electron chi connectivity index (χ1n) is 7.73. The Hall–Kier alpha value is -1.02. The molecule has 1 aromatic carbocycles. The van der Waals surface area contributed by atoms with Crippen molar-refractivity contribution < 1.29 is 0 Å². The predicted octanol–water partition coefficient (Wildman–Crippen LogP) is 3.92. The van der Waals surface area contributed by atoms with Crippen LogP contribution in [0.15, 0.2) is 24.3 Å². The summed E-state index contributed by atoms with van der Waals surface area (Å²) in [5, 5.41) is 3.30. The maximum Gasteiger partial charge on any atom is 0.0370 e. The van der Waals surface area contributed by atoms with Crippen LogP contribution in [0.25, 0.3) is 0 Å². The number of nitrogens with zero attached hydrogens (tertiary/aromatic N) is 1. The zero-order chi connectivity index (χ0) is 13.7. The van der Waals surface area contributed by atoms with Crippen molar-refractivity contribution in [1.29, 1.82) is 0 Å². The monoisotopic (exact) mass is 260 g/mol. The van der Waals surface area contributed by atoms with Gasteiger partial charge in [0.25, 0.3) is 0 Å². The zero-order valence-corrected chi connectivity index (χ0v) is 12.7. The van der Waals surface area contributed by atoms with Gasteiger partial charge in [0.05, 0.1) is 0 Å². The largest absolute Gasteiger partial charge is 0.388 e. The Balaban J connectivity index is 1.96. The molecule has 1 heterocycles. The number of hydrogen-bond donors (Lipinski definition) is 1. The molecule has 0 radical (unpaired) electrons. The minimum atomic E-state index is 0.685. The van der Waals surface area contributed by atoms with Crippen molar-refractivity contribution in [1.82, 2.24) is 4.90 Å². The molecule has 1 unspecified atom stereocenters. The van der Waals surface area contributed by atoms with E-state index in [4.69, 9.17) is 0 Å². The zero-order valence-electron chi connectivity index (χ0n) is 12.7. The Kier molecular flexibility index (Phi) is 5.26. The number of anilines is 1. The Morgan fingerprint density at radius 1 is 1.26 bits per heavy atom. The molecule has 1 aliphatic rings. The van der Waals surface area contributed by atoms with Gasteiger partial charge in [0.1, 0.15) is 0 Å². The van der Waals surface area contributed by atoms with Crippen molar-refractivity contribution in [3.63, 3.8) is 0 Å². The Labute approximate surface area is 118 Å².